The van der Waals surface area contributed by atoms with Crippen molar-refractivity contribution in [3.05, 3.63) is 23.9 Å². The van der Waals surface area contributed by atoms with E-state index in [1.807, 2.05) is 0 Å². The van der Waals surface area contributed by atoms with Gasteiger partial charge in [-0.2, -0.15) is 0 Å². The molecule has 1 aliphatic rings. The first-order chi connectivity index (χ1) is 8.25. The number of nitrogens with two attached hydrogens (primary N) is 1. The summed E-state index contributed by atoms with van der Waals surface area (Å²) < 4.78 is 5.50. The summed E-state index contributed by atoms with van der Waals surface area (Å²) in [4.78, 5) is 17.3. The third-order valence-electron chi connectivity index (χ3n) is 2.83. The van der Waals surface area contributed by atoms with Gasteiger partial charge in [0.05, 0.1) is 0 Å². The van der Waals surface area contributed by atoms with E-state index < -0.39 is 5.91 Å². The average Bonchev–Trinajstić information content (AvgIpc) is 2.82. The smallest absolute Gasteiger partial charge is 0.267 e. The van der Waals surface area contributed by atoms with Crippen molar-refractivity contribution < 1.29 is 9.53 Å². The Bertz CT molecular complexity index is 389. The topological polar surface area (TPSA) is 68.5 Å². The second-order valence-electron chi connectivity index (χ2n) is 4.12. The second-order valence-corrected chi connectivity index (χ2v) is 4.12. The molecule has 5 nitrogen and oxygen atoms in total. The predicted octanol–water partition coefficient (Wildman–Crippen LogP) is 0.655. The van der Waals surface area contributed by atoms with E-state index in [0.29, 0.717) is 12.5 Å². The first kappa shape index (κ1) is 11.9. The Hall–Kier alpha value is -1.62. The van der Waals surface area contributed by atoms with Crippen molar-refractivity contribution >= 4 is 5.91 Å². The summed E-state index contributed by atoms with van der Waals surface area (Å²) in [6, 6.07) is 5.03. The Morgan fingerprint density at radius 2 is 2.18 bits per heavy atom. The summed E-state index contributed by atoms with van der Waals surface area (Å²) in [5.74, 6) is -0.0736. The molecule has 0 unspecified atom stereocenters. The Morgan fingerprint density at radius 1 is 1.41 bits per heavy atom. The van der Waals surface area contributed by atoms with Crippen LogP contribution >= 0.6 is 0 Å². The maximum absolute atomic E-state index is 10.9. The summed E-state index contributed by atoms with van der Waals surface area (Å²) in [5, 5.41) is 0. The van der Waals surface area contributed by atoms with Crippen LogP contribution in [0.2, 0.25) is 0 Å². The number of ether oxygens (including phenoxy) is 1. The number of amides is 1. The van der Waals surface area contributed by atoms with Crippen LogP contribution in [0.1, 0.15) is 23.3 Å². The van der Waals surface area contributed by atoms with E-state index >= 15 is 0 Å². The van der Waals surface area contributed by atoms with Gasteiger partial charge in [-0.05, 0) is 32.0 Å². The van der Waals surface area contributed by atoms with Crippen LogP contribution in [0, 0.1) is 0 Å². The highest BCUT2D eigenvalue weighted by Gasteiger charge is 2.11. The summed E-state index contributed by atoms with van der Waals surface area (Å²) in [5.41, 5.74) is 5.39. The second kappa shape index (κ2) is 5.63. The Morgan fingerprint density at radius 3 is 2.88 bits per heavy atom. The molecule has 0 spiro atoms. The molecular formula is C12H17N3O2. The zero-order valence-corrected chi connectivity index (χ0v) is 9.76. The minimum atomic E-state index is -0.532. The molecule has 0 saturated carbocycles. The molecule has 0 atom stereocenters. The van der Waals surface area contributed by atoms with Crippen molar-refractivity contribution in [1.29, 1.82) is 0 Å². The van der Waals surface area contributed by atoms with Gasteiger partial charge in [-0.3, -0.25) is 9.69 Å². The normalized spacial score (nSPS) is 16.0. The molecule has 5 heteroatoms. The van der Waals surface area contributed by atoms with E-state index in [-0.39, 0.29) is 5.69 Å². The minimum absolute atomic E-state index is 0.240. The van der Waals surface area contributed by atoms with Crippen LogP contribution in [-0.2, 0) is 0 Å². The Kier molecular flexibility index (Phi) is 3.93. The zero-order valence-electron chi connectivity index (χ0n) is 9.76. The number of nitrogens with zero attached hydrogens (tertiary/aromatic N) is 2. The van der Waals surface area contributed by atoms with Crippen LogP contribution in [0.25, 0.3) is 0 Å². The van der Waals surface area contributed by atoms with Gasteiger partial charge in [0.15, 0.2) is 0 Å². The van der Waals surface area contributed by atoms with Crippen molar-refractivity contribution in [2.75, 3.05) is 26.2 Å². The molecule has 1 aromatic heterocycles. The van der Waals surface area contributed by atoms with Gasteiger partial charge >= 0.3 is 0 Å². The van der Waals surface area contributed by atoms with Crippen molar-refractivity contribution in [1.82, 2.24) is 9.88 Å². The molecule has 1 saturated heterocycles. The van der Waals surface area contributed by atoms with Crippen LogP contribution in [0.3, 0.4) is 0 Å². The van der Waals surface area contributed by atoms with E-state index in [0.717, 1.165) is 19.6 Å². The molecule has 0 bridgehead atoms. The lowest BCUT2D eigenvalue weighted by Gasteiger charge is -2.14. The molecule has 2 N–H and O–H groups in total. The quantitative estimate of drug-likeness (QED) is 0.813. The molecule has 0 aromatic carbocycles. The molecule has 92 valence electrons. The van der Waals surface area contributed by atoms with Crippen LogP contribution in [0.4, 0.5) is 0 Å². The number of primary amides is 1. The third-order valence-corrected chi connectivity index (χ3v) is 2.83. The van der Waals surface area contributed by atoms with Crippen molar-refractivity contribution in [3.8, 4) is 5.88 Å². The van der Waals surface area contributed by atoms with Gasteiger partial charge in [0.25, 0.3) is 5.91 Å². The highest BCUT2D eigenvalue weighted by molar-refractivity contribution is 5.90. The van der Waals surface area contributed by atoms with Gasteiger partial charge in [0.1, 0.15) is 12.3 Å². The van der Waals surface area contributed by atoms with Gasteiger partial charge in [-0.1, -0.05) is 6.07 Å². The van der Waals surface area contributed by atoms with E-state index in [1.54, 1.807) is 18.2 Å². The fraction of sp³-hybridized carbons (Fsp3) is 0.500. The Balaban J connectivity index is 1.81. The molecule has 2 rings (SSSR count). The van der Waals surface area contributed by atoms with Crippen LogP contribution in [-0.4, -0.2) is 42.0 Å². The Labute approximate surface area is 101 Å². The number of rotatable bonds is 5. The van der Waals surface area contributed by atoms with Gasteiger partial charge in [-0.25, -0.2) is 4.98 Å². The number of hydrogen-bond donors (Lipinski definition) is 1. The molecule has 1 fully saturated rings. The summed E-state index contributed by atoms with van der Waals surface area (Å²) in [7, 11) is 0. The van der Waals surface area contributed by atoms with Crippen LogP contribution < -0.4 is 10.5 Å². The average molecular weight is 235 g/mol. The SMILES string of the molecule is NC(=O)c1cccc(OCCN2CCCC2)n1. The van der Waals surface area contributed by atoms with Gasteiger partial charge in [0, 0.05) is 12.6 Å². The molecule has 1 aliphatic heterocycles. The highest BCUT2D eigenvalue weighted by atomic mass is 16.5. The zero-order chi connectivity index (χ0) is 12.1. The van der Waals surface area contributed by atoms with Gasteiger partial charge < -0.3 is 10.5 Å². The lowest BCUT2D eigenvalue weighted by Crippen LogP contribution is -2.25. The maximum Gasteiger partial charge on any atom is 0.267 e. The number of carbonyl (C=O) groups is 1. The largest absolute Gasteiger partial charge is 0.476 e. The molecule has 0 radical (unpaired) electrons. The van der Waals surface area contributed by atoms with Crippen LogP contribution in [0.15, 0.2) is 18.2 Å². The summed E-state index contributed by atoms with van der Waals surface area (Å²) >= 11 is 0. The number of carbonyl (C=O) groups excluding carboxylic acids is 1. The van der Waals surface area contributed by atoms with E-state index in [4.69, 9.17) is 10.5 Å². The molecule has 1 amide bonds. The van der Waals surface area contributed by atoms with E-state index in [1.165, 1.54) is 12.8 Å². The lowest BCUT2D eigenvalue weighted by atomic mass is 10.3. The number of likely N-dealkylation sites (tertiary alicyclic amines) is 1. The predicted molar refractivity (Wildman–Crippen MR) is 63.9 cm³/mol. The van der Waals surface area contributed by atoms with E-state index in [2.05, 4.69) is 9.88 Å². The van der Waals surface area contributed by atoms with Gasteiger partial charge in [0.2, 0.25) is 5.88 Å². The minimum Gasteiger partial charge on any atom is -0.476 e. The summed E-state index contributed by atoms with van der Waals surface area (Å²) in [6.45, 7) is 3.80. The molecule has 1 aromatic rings. The van der Waals surface area contributed by atoms with Crippen molar-refractivity contribution in [2.24, 2.45) is 5.73 Å². The maximum atomic E-state index is 10.9. The highest BCUT2D eigenvalue weighted by Crippen LogP contribution is 2.09. The molecule has 2 heterocycles. The summed E-state index contributed by atoms with van der Waals surface area (Å²) in [6.07, 6.45) is 2.55. The van der Waals surface area contributed by atoms with E-state index in [9.17, 15) is 4.79 Å². The first-order valence-electron chi connectivity index (χ1n) is 5.88. The first-order valence-corrected chi connectivity index (χ1v) is 5.88. The standard InChI is InChI=1S/C12H17N3O2/c13-12(16)10-4-3-5-11(14-10)17-9-8-15-6-1-2-7-15/h3-5H,1-2,6-9H2,(H2,13,16). The monoisotopic (exact) mass is 235 g/mol. The van der Waals surface area contributed by atoms with Gasteiger partial charge in [-0.15, -0.1) is 0 Å². The fourth-order valence-corrected chi connectivity index (χ4v) is 1.92. The van der Waals surface area contributed by atoms with Crippen molar-refractivity contribution in [3.63, 3.8) is 0 Å². The molecule has 17 heavy (non-hydrogen) atoms. The van der Waals surface area contributed by atoms with Crippen LogP contribution in [0.5, 0.6) is 5.88 Å². The number of aromatic nitrogens is 1. The fourth-order valence-electron chi connectivity index (χ4n) is 1.92. The number of hydrogen-bond acceptors (Lipinski definition) is 4. The molecular weight excluding hydrogens is 218 g/mol. The molecule has 0 aliphatic carbocycles. The lowest BCUT2D eigenvalue weighted by molar-refractivity contribution is 0.0994. The third kappa shape index (κ3) is 3.42. The van der Waals surface area contributed by atoms with Crippen molar-refractivity contribution in [2.45, 2.75) is 12.8 Å². The number of pyridine rings is 1.